The van der Waals surface area contributed by atoms with E-state index in [9.17, 15) is 14.7 Å². The van der Waals surface area contributed by atoms with Gasteiger partial charge in [0.25, 0.3) is 5.56 Å². The number of carbonyl (C=O) groups excluding carboxylic acids is 1. The molecular weight excluding hydrogens is 418 g/mol. The maximum Gasteiger partial charge on any atom is 0.277 e. The van der Waals surface area contributed by atoms with Crippen LogP contribution in [0.2, 0.25) is 0 Å². The molecule has 8 nitrogen and oxygen atoms in total. The molecule has 176 valence electrons. The van der Waals surface area contributed by atoms with Gasteiger partial charge in [0.2, 0.25) is 11.9 Å². The Balaban J connectivity index is 1.31. The average Bonchev–Trinajstić information content (AvgIpc) is 3.45. The van der Waals surface area contributed by atoms with Crippen LogP contribution in [0.1, 0.15) is 70.1 Å². The standard InChI is InChI=1S/C25H33N5O3/c1-25(2,3)23(33)29-12-10-15(11-13-29)4-8-18-21(16-5-6-16)28-30(22(18)32)24-26-19-9-7-17(31)14-20(19)27-24/h7,9,14-16,28,31H,4-6,8,10-13H2,1-3H3,(H,26,27). The lowest BCUT2D eigenvalue weighted by molar-refractivity contribution is -0.140. The van der Waals surface area contributed by atoms with Gasteiger partial charge in [-0.1, -0.05) is 20.8 Å². The Labute approximate surface area is 193 Å². The van der Waals surface area contributed by atoms with Crippen LogP contribution in [0.15, 0.2) is 23.0 Å². The number of benzene rings is 1. The zero-order chi connectivity index (χ0) is 23.3. The highest BCUT2D eigenvalue weighted by molar-refractivity contribution is 5.81. The predicted octanol–water partition coefficient (Wildman–Crippen LogP) is 3.84. The third-order valence-corrected chi connectivity index (χ3v) is 7.01. The van der Waals surface area contributed by atoms with Crippen LogP contribution in [0.25, 0.3) is 17.0 Å². The van der Waals surface area contributed by atoms with E-state index in [4.69, 9.17) is 0 Å². The van der Waals surface area contributed by atoms with E-state index >= 15 is 0 Å². The minimum absolute atomic E-state index is 0.0412. The zero-order valence-corrected chi connectivity index (χ0v) is 19.6. The summed E-state index contributed by atoms with van der Waals surface area (Å²) in [6.07, 6.45) is 5.90. The highest BCUT2D eigenvalue weighted by Gasteiger charge is 2.33. The highest BCUT2D eigenvalue weighted by Crippen LogP contribution is 2.40. The number of phenols is 1. The number of rotatable bonds is 5. The number of phenolic OH excluding ortho intramolecular Hbond substituents is 1. The zero-order valence-electron chi connectivity index (χ0n) is 19.6. The molecule has 1 saturated carbocycles. The van der Waals surface area contributed by atoms with Crippen LogP contribution < -0.4 is 5.56 Å². The van der Waals surface area contributed by atoms with Crippen molar-refractivity contribution in [2.75, 3.05) is 13.1 Å². The van der Waals surface area contributed by atoms with Gasteiger partial charge in [-0.3, -0.25) is 14.7 Å². The molecule has 8 heteroatoms. The van der Waals surface area contributed by atoms with Crippen molar-refractivity contribution in [2.45, 2.75) is 65.2 Å². The van der Waals surface area contributed by atoms with Gasteiger partial charge in [0.05, 0.1) is 11.0 Å². The number of aromatic nitrogens is 4. The van der Waals surface area contributed by atoms with E-state index in [2.05, 4.69) is 15.1 Å². The normalized spacial score (nSPS) is 17.7. The van der Waals surface area contributed by atoms with Gasteiger partial charge in [0, 0.05) is 41.7 Å². The molecule has 0 radical (unpaired) electrons. The van der Waals surface area contributed by atoms with Crippen molar-refractivity contribution in [1.82, 2.24) is 24.6 Å². The highest BCUT2D eigenvalue weighted by atomic mass is 16.3. The van der Waals surface area contributed by atoms with E-state index in [1.165, 1.54) is 4.68 Å². The van der Waals surface area contributed by atoms with E-state index in [1.54, 1.807) is 18.2 Å². The number of carbonyl (C=O) groups is 1. The van der Waals surface area contributed by atoms with Gasteiger partial charge >= 0.3 is 0 Å². The second-order valence-electron chi connectivity index (χ2n) is 10.7. The van der Waals surface area contributed by atoms with Crippen LogP contribution in [0.3, 0.4) is 0 Å². The first-order valence-corrected chi connectivity index (χ1v) is 12.0. The molecule has 33 heavy (non-hydrogen) atoms. The minimum atomic E-state index is -0.336. The first kappa shape index (κ1) is 21.8. The van der Waals surface area contributed by atoms with Gasteiger partial charge in [-0.2, -0.15) is 4.68 Å². The molecule has 0 unspecified atom stereocenters. The van der Waals surface area contributed by atoms with Gasteiger partial charge in [0.15, 0.2) is 0 Å². The van der Waals surface area contributed by atoms with Crippen molar-refractivity contribution in [2.24, 2.45) is 11.3 Å². The second-order valence-corrected chi connectivity index (χ2v) is 10.7. The summed E-state index contributed by atoms with van der Waals surface area (Å²) in [5.41, 5.74) is 2.93. The number of likely N-dealkylation sites (tertiary alicyclic amines) is 1. The molecule has 3 aromatic rings. The molecule has 5 rings (SSSR count). The molecule has 1 aliphatic carbocycles. The summed E-state index contributed by atoms with van der Waals surface area (Å²) in [6, 6.07) is 4.93. The van der Waals surface area contributed by atoms with Crippen molar-refractivity contribution < 1.29 is 9.90 Å². The largest absolute Gasteiger partial charge is 0.508 e. The molecule has 2 aliphatic rings. The molecule has 3 heterocycles. The topological polar surface area (TPSA) is 107 Å². The van der Waals surface area contributed by atoms with E-state index in [0.717, 1.165) is 62.9 Å². The van der Waals surface area contributed by atoms with Crippen molar-refractivity contribution in [3.05, 3.63) is 39.8 Å². The molecule has 0 atom stereocenters. The number of aromatic hydroxyl groups is 1. The smallest absolute Gasteiger partial charge is 0.277 e. The molecule has 2 aromatic heterocycles. The van der Waals surface area contributed by atoms with E-state index < -0.39 is 0 Å². The van der Waals surface area contributed by atoms with Crippen LogP contribution in [0.4, 0.5) is 0 Å². The number of amides is 1. The molecule has 1 saturated heterocycles. The summed E-state index contributed by atoms with van der Waals surface area (Å²) in [5, 5.41) is 13.1. The van der Waals surface area contributed by atoms with Crippen LogP contribution in [-0.2, 0) is 11.2 Å². The number of nitrogens with one attached hydrogen (secondary N) is 2. The number of H-pyrrole nitrogens is 2. The van der Waals surface area contributed by atoms with Gasteiger partial charge in [-0.25, -0.2) is 4.98 Å². The monoisotopic (exact) mass is 451 g/mol. The number of hydrogen-bond acceptors (Lipinski definition) is 4. The Kier molecular flexibility index (Phi) is 5.34. The third-order valence-electron chi connectivity index (χ3n) is 7.01. The molecule has 1 aliphatic heterocycles. The maximum absolute atomic E-state index is 13.4. The van der Waals surface area contributed by atoms with Crippen molar-refractivity contribution in [3.8, 4) is 11.7 Å². The van der Waals surface area contributed by atoms with Gasteiger partial charge < -0.3 is 15.0 Å². The van der Waals surface area contributed by atoms with Crippen LogP contribution in [0.5, 0.6) is 5.75 Å². The summed E-state index contributed by atoms with van der Waals surface area (Å²) in [6.45, 7) is 7.53. The van der Waals surface area contributed by atoms with Crippen LogP contribution >= 0.6 is 0 Å². The van der Waals surface area contributed by atoms with Crippen molar-refractivity contribution in [1.29, 1.82) is 0 Å². The Morgan fingerprint density at radius 3 is 2.58 bits per heavy atom. The molecule has 1 amide bonds. The van der Waals surface area contributed by atoms with Crippen LogP contribution in [0, 0.1) is 11.3 Å². The Hall–Kier alpha value is -3.03. The number of imidazole rings is 1. The van der Waals surface area contributed by atoms with Crippen molar-refractivity contribution >= 4 is 16.9 Å². The lowest BCUT2D eigenvalue weighted by Crippen LogP contribution is -2.44. The molecule has 3 N–H and O–H groups in total. The molecule has 1 aromatic carbocycles. The first-order chi connectivity index (χ1) is 15.7. The summed E-state index contributed by atoms with van der Waals surface area (Å²) in [5.74, 6) is 1.78. The minimum Gasteiger partial charge on any atom is -0.508 e. The average molecular weight is 452 g/mol. The second kappa shape index (κ2) is 8.08. The first-order valence-electron chi connectivity index (χ1n) is 12.0. The summed E-state index contributed by atoms with van der Waals surface area (Å²) >= 11 is 0. The molecular formula is C25H33N5O3. The fourth-order valence-electron chi connectivity index (χ4n) is 4.93. The predicted molar refractivity (Wildman–Crippen MR) is 127 cm³/mol. The molecule has 0 bridgehead atoms. The van der Waals surface area contributed by atoms with Gasteiger partial charge in [0.1, 0.15) is 5.75 Å². The Morgan fingerprint density at radius 1 is 1.18 bits per heavy atom. The number of fused-ring (bicyclic) bond motifs is 1. The fourth-order valence-corrected chi connectivity index (χ4v) is 4.93. The molecule has 2 fully saturated rings. The maximum atomic E-state index is 13.4. The van der Waals surface area contributed by atoms with E-state index in [0.29, 0.717) is 28.8 Å². The quantitative estimate of drug-likeness (QED) is 0.548. The summed E-state index contributed by atoms with van der Waals surface area (Å²) < 4.78 is 1.52. The SMILES string of the molecule is CC(C)(C)C(=O)N1CCC(CCc2c(C3CC3)[nH]n(-c3nc4ccc(O)cc4[nH]3)c2=O)CC1. The van der Waals surface area contributed by atoms with Crippen molar-refractivity contribution in [3.63, 3.8) is 0 Å². The summed E-state index contributed by atoms with van der Waals surface area (Å²) in [7, 11) is 0. The summed E-state index contributed by atoms with van der Waals surface area (Å²) in [4.78, 5) is 35.6. The van der Waals surface area contributed by atoms with Gasteiger partial charge in [-0.05, 0) is 56.6 Å². The number of hydrogen-bond donors (Lipinski definition) is 3. The lowest BCUT2D eigenvalue weighted by atomic mass is 9.88. The molecule has 0 spiro atoms. The lowest BCUT2D eigenvalue weighted by Gasteiger charge is -2.35. The number of aromatic amines is 2. The number of nitrogens with zero attached hydrogens (tertiary/aromatic N) is 3. The Morgan fingerprint density at radius 2 is 1.91 bits per heavy atom. The van der Waals surface area contributed by atoms with E-state index in [-0.39, 0.29) is 22.6 Å². The van der Waals surface area contributed by atoms with Crippen LogP contribution in [-0.4, -0.2) is 48.8 Å². The Bertz CT molecular complexity index is 1230. The van der Waals surface area contributed by atoms with E-state index in [1.807, 2.05) is 25.7 Å². The van der Waals surface area contributed by atoms with Gasteiger partial charge in [-0.15, -0.1) is 0 Å². The third kappa shape index (κ3) is 4.30. The fraction of sp³-hybridized carbons (Fsp3) is 0.560. The number of piperidine rings is 1.